The number of alkyl halides is 3. The minimum absolute atomic E-state index is 0.114. The molecular formula is C24H25F3N4O3. The van der Waals surface area contributed by atoms with Gasteiger partial charge in [-0.1, -0.05) is 0 Å². The Hall–Kier alpha value is -3.37. The van der Waals surface area contributed by atoms with Gasteiger partial charge < -0.3 is 15.2 Å². The number of likely N-dealkylation sites (tertiary alicyclic amines) is 1. The Bertz CT molecular complexity index is 1150. The van der Waals surface area contributed by atoms with Crippen LogP contribution in [0.5, 0.6) is 5.75 Å². The van der Waals surface area contributed by atoms with Gasteiger partial charge in [0, 0.05) is 49.7 Å². The van der Waals surface area contributed by atoms with Crippen molar-refractivity contribution in [2.45, 2.75) is 18.7 Å². The molecule has 0 saturated carbocycles. The molecule has 10 heteroatoms. The Balaban J connectivity index is 1.49. The fraction of sp³-hybridized carbons (Fsp3) is 0.333. The van der Waals surface area contributed by atoms with E-state index < -0.39 is 17.6 Å². The van der Waals surface area contributed by atoms with E-state index in [0.29, 0.717) is 36.7 Å². The van der Waals surface area contributed by atoms with E-state index in [2.05, 4.69) is 15.3 Å². The highest BCUT2D eigenvalue weighted by Crippen LogP contribution is 2.33. The molecule has 34 heavy (non-hydrogen) atoms. The first kappa shape index (κ1) is 23.8. The molecule has 3 aromatic rings. The number of ether oxygens (including phenoxy) is 1. The van der Waals surface area contributed by atoms with E-state index in [9.17, 15) is 23.1 Å². The van der Waals surface area contributed by atoms with Crippen molar-refractivity contribution in [3.8, 4) is 17.0 Å². The molecule has 1 atom stereocenters. The predicted octanol–water partition coefficient (Wildman–Crippen LogP) is 3.80. The summed E-state index contributed by atoms with van der Waals surface area (Å²) in [7, 11) is 1.79. The van der Waals surface area contributed by atoms with Crippen molar-refractivity contribution >= 4 is 11.6 Å². The van der Waals surface area contributed by atoms with E-state index in [0.717, 1.165) is 42.9 Å². The number of rotatable bonds is 7. The number of aryl methyl sites for hydroxylation is 1. The van der Waals surface area contributed by atoms with Crippen molar-refractivity contribution in [3.05, 3.63) is 65.9 Å². The number of aliphatic hydroxyl groups excluding tert-OH is 1. The number of hydrogen-bond acceptors (Lipinski definition) is 5. The number of β-amino-alcohol motifs (C(OH)–C–C–N with tert-alkyl or cyclic N) is 1. The molecule has 2 N–H and O–H groups in total. The molecular weight excluding hydrogens is 449 g/mol. The van der Waals surface area contributed by atoms with Crippen molar-refractivity contribution < 1.29 is 27.8 Å². The van der Waals surface area contributed by atoms with Gasteiger partial charge in [0.25, 0.3) is 5.91 Å². The number of aliphatic hydroxyl groups is 1. The summed E-state index contributed by atoms with van der Waals surface area (Å²) in [5.41, 5.74) is 1.26. The lowest BCUT2D eigenvalue weighted by Gasteiger charge is -2.18. The fourth-order valence-electron chi connectivity index (χ4n) is 3.89. The second-order valence-corrected chi connectivity index (χ2v) is 8.17. The van der Waals surface area contributed by atoms with Crippen LogP contribution in [-0.4, -0.2) is 58.0 Å². The number of aromatic nitrogens is 2. The molecule has 0 spiro atoms. The molecule has 4 rings (SSSR count). The maximum Gasteiger partial charge on any atom is 0.416 e. The van der Waals surface area contributed by atoms with Gasteiger partial charge in [0.15, 0.2) is 0 Å². The summed E-state index contributed by atoms with van der Waals surface area (Å²) in [5.74, 6) is 0.0850. The highest BCUT2D eigenvalue weighted by molar-refractivity contribution is 6.04. The number of halogens is 3. The van der Waals surface area contributed by atoms with E-state index in [1.54, 1.807) is 36.1 Å². The summed E-state index contributed by atoms with van der Waals surface area (Å²) < 4.78 is 46.0. The highest BCUT2D eigenvalue weighted by Gasteiger charge is 2.30. The third-order valence-corrected chi connectivity index (χ3v) is 5.72. The van der Waals surface area contributed by atoms with Crippen molar-refractivity contribution in [1.29, 1.82) is 0 Å². The zero-order chi connectivity index (χ0) is 24.3. The average Bonchev–Trinajstić information content (AvgIpc) is 3.41. The van der Waals surface area contributed by atoms with Crippen LogP contribution in [-0.2, 0) is 13.2 Å². The molecule has 1 fully saturated rings. The monoisotopic (exact) mass is 474 g/mol. The number of nitrogens with zero attached hydrogens (tertiary/aromatic N) is 3. The normalized spacial score (nSPS) is 16.6. The molecule has 0 bridgehead atoms. The third kappa shape index (κ3) is 5.57. The van der Waals surface area contributed by atoms with Crippen LogP contribution >= 0.6 is 0 Å². The predicted molar refractivity (Wildman–Crippen MR) is 121 cm³/mol. The van der Waals surface area contributed by atoms with Crippen LogP contribution in [0.3, 0.4) is 0 Å². The molecule has 1 unspecified atom stereocenters. The average molecular weight is 474 g/mol. The fourth-order valence-corrected chi connectivity index (χ4v) is 3.89. The van der Waals surface area contributed by atoms with Crippen LogP contribution in [0.4, 0.5) is 18.9 Å². The summed E-state index contributed by atoms with van der Waals surface area (Å²) in [6.45, 7) is 2.56. The molecule has 180 valence electrons. The molecule has 1 saturated heterocycles. The molecule has 2 aromatic carbocycles. The molecule has 0 aliphatic carbocycles. The molecule has 1 aliphatic heterocycles. The molecule has 0 radical (unpaired) electrons. The smallest absolute Gasteiger partial charge is 0.416 e. The number of carbonyl (C=O) groups excluding carboxylic acids is 1. The minimum Gasteiger partial charge on any atom is -0.492 e. The first-order chi connectivity index (χ1) is 16.2. The Kier molecular flexibility index (Phi) is 6.90. The Morgan fingerprint density at radius 1 is 1.21 bits per heavy atom. The molecule has 1 amide bonds. The van der Waals surface area contributed by atoms with Gasteiger partial charge in [-0.05, 0) is 55.0 Å². The lowest BCUT2D eigenvalue weighted by molar-refractivity contribution is -0.137. The van der Waals surface area contributed by atoms with Crippen molar-refractivity contribution in [1.82, 2.24) is 14.7 Å². The maximum atomic E-state index is 12.8. The zero-order valence-corrected chi connectivity index (χ0v) is 18.5. The molecule has 2 heterocycles. The van der Waals surface area contributed by atoms with Crippen LogP contribution in [0.2, 0.25) is 0 Å². The Morgan fingerprint density at radius 3 is 2.59 bits per heavy atom. The maximum absolute atomic E-state index is 12.8. The summed E-state index contributed by atoms with van der Waals surface area (Å²) in [5, 5.41) is 16.6. The van der Waals surface area contributed by atoms with Crippen molar-refractivity contribution in [3.63, 3.8) is 0 Å². The second-order valence-electron chi connectivity index (χ2n) is 8.17. The number of nitrogens with one attached hydrogen (secondary N) is 1. The summed E-state index contributed by atoms with van der Waals surface area (Å²) in [6, 6.07) is 11.0. The third-order valence-electron chi connectivity index (χ3n) is 5.72. The van der Waals surface area contributed by atoms with Gasteiger partial charge in [-0.15, -0.1) is 0 Å². The zero-order valence-electron chi connectivity index (χ0n) is 18.5. The van der Waals surface area contributed by atoms with Crippen LogP contribution in [0.1, 0.15) is 22.3 Å². The van der Waals surface area contributed by atoms with E-state index in [4.69, 9.17) is 4.74 Å². The largest absolute Gasteiger partial charge is 0.492 e. The van der Waals surface area contributed by atoms with Crippen LogP contribution < -0.4 is 10.1 Å². The Labute approximate surface area is 194 Å². The number of carbonyl (C=O) groups is 1. The van der Waals surface area contributed by atoms with Gasteiger partial charge in [0.05, 0.1) is 17.4 Å². The highest BCUT2D eigenvalue weighted by atomic mass is 19.4. The van der Waals surface area contributed by atoms with Gasteiger partial charge in [-0.3, -0.25) is 14.4 Å². The summed E-state index contributed by atoms with van der Waals surface area (Å²) in [6.07, 6.45) is -2.35. The molecule has 1 aliphatic rings. The minimum atomic E-state index is -4.46. The topological polar surface area (TPSA) is 79.6 Å². The van der Waals surface area contributed by atoms with E-state index in [-0.39, 0.29) is 11.7 Å². The van der Waals surface area contributed by atoms with Crippen LogP contribution in [0, 0.1) is 0 Å². The van der Waals surface area contributed by atoms with Crippen molar-refractivity contribution in [2.75, 3.05) is 31.6 Å². The van der Waals surface area contributed by atoms with E-state index in [1.807, 2.05) is 6.07 Å². The first-order valence-corrected chi connectivity index (χ1v) is 10.8. The van der Waals surface area contributed by atoms with E-state index >= 15 is 0 Å². The lowest BCUT2D eigenvalue weighted by Crippen LogP contribution is -2.27. The standard InChI is InChI=1S/C24H25F3N4O3/c1-30-21(8-10-28-30)20-14-18(6-7-22(20)34-13-12-31-11-9-19(32)15-31)29-23(33)16-2-4-17(5-3-16)24(25,26)27/h2-8,10,14,19,32H,9,11-13,15H2,1H3,(H,29,33). The van der Waals surface area contributed by atoms with Crippen molar-refractivity contribution in [2.24, 2.45) is 7.05 Å². The number of benzene rings is 2. The van der Waals surface area contributed by atoms with Gasteiger partial charge in [0.1, 0.15) is 12.4 Å². The van der Waals surface area contributed by atoms with E-state index in [1.165, 1.54) is 0 Å². The number of anilines is 1. The summed E-state index contributed by atoms with van der Waals surface area (Å²) in [4.78, 5) is 14.7. The number of amides is 1. The quantitative estimate of drug-likeness (QED) is 0.545. The summed E-state index contributed by atoms with van der Waals surface area (Å²) >= 11 is 0. The Morgan fingerprint density at radius 2 is 1.97 bits per heavy atom. The van der Waals surface area contributed by atoms with Gasteiger partial charge >= 0.3 is 6.18 Å². The van der Waals surface area contributed by atoms with Gasteiger partial charge in [-0.2, -0.15) is 18.3 Å². The molecule has 7 nitrogen and oxygen atoms in total. The second kappa shape index (κ2) is 9.86. The van der Waals surface area contributed by atoms with Crippen LogP contribution in [0.15, 0.2) is 54.7 Å². The molecule has 1 aromatic heterocycles. The van der Waals surface area contributed by atoms with Gasteiger partial charge in [0.2, 0.25) is 0 Å². The lowest BCUT2D eigenvalue weighted by atomic mass is 10.1. The van der Waals surface area contributed by atoms with Gasteiger partial charge in [-0.25, -0.2) is 0 Å². The number of hydrogen-bond donors (Lipinski definition) is 2. The van der Waals surface area contributed by atoms with Crippen LogP contribution in [0.25, 0.3) is 11.3 Å². The SMILES string of the molecule is Cn1nccc1-c1cc(NC(=O)c2ccc(C(F)(F)F)cc2)ccc1OCCN1CCC(O)C1. The first-order valence-electron chi connectivity index (χ1n) is 10.8.